The Labute approximate surface area is 87.4 Å². The molecule has 0 N–H and O–H groups in total. The highest BCUT2D eigenvalue weighted by Gasteiger charge is 2.14. The first-order valence-corrected chi connectivity index (χ1v) is 5.94. The number of carbonyl (C=O) groups excluding carboxylic acids is 1. The van der Waals surface area contributed by atoms with Crippen molar-refractivity contribution in [2.75, 3.05) is 13.4 Å². The standard InChI is InChI=1S/C7H7BrO2S2/c1-10-7(9)6-4(8)3-5(11-2)12-6/h3H,1-2H3. The smallest absolute Gasteiger partial charge is 0.349 e. The highest BCUT2D eigenvalue weighted by atomic mass is 79.9. The van der Waals surface area contributed by atoms with E-state index >= 15 is 0 Å². The third-order valence-corrected chi connectivity index (χ3v) is 4.30. The Balaban J connectivity index is 2.99. The number of halogens is 1. The molecule has 0 fully saturated rings. The minimum atomic E-state index is -0.285. The molecule has 2 nitrogen and oxygen atoms in total. The van der Waals surface area contributed by atoms with Crippen molar-refractivity contribution in [2.24, 2.45) is 0 Å². The summed E-state index contributed by atoms with van der Waals surface area (Å²) in [4.78, 5) is 11.7. The molecule has 0 amide bonds. The van der Waals surface area contributed by atoms with Crippen molar-refractivity contribution < 1.29 is 9.53 Å². The Hall–Kier alpha value is -0.000000000000000111. The fourth-order valence-electron chi connectivity index (χ4n) is 0.680. The van der Waals surface area contributed by atoms with E-state index in [-0.39, 0.29) is 5.97 Å². The number of carbonyl (C=O) groups is 1. The number of thioether (sulfide) groups is 1. The summed E-state index contributed by atoms with van der Waals surface area (Å²) < 4.78 is 6.52. The number of thiophene rings is 1. The number of hydrogen-bond donors (Lipinski definition) is 0. The maximum atomic E-state index is 11.1. The van der Waals surface area contributed by atoms with Gasteiger partial charge in [0.25, 0.3) is 0 Å². The molecule has 0 aliphatic carbocycles. The normalized spacial score (nSPS) is 9.92. The summed E-state index contributed by atoms with van der Waals surface area (Å²) in [6.07, 6.45) is 1.97. The van der Waals surface area contributed by atoms with E-state index in [4.69, 9.17) is 0 Å². The van der Waals surface area contributed by atoms with Crippen LogP contribution in [-0.2, 0) is 4.74 Å². The van der Waals surface area contributed by atoms with Gasteiger partial charge in [-0.1, -0.05) is 0 Å². The highest BCUT2D eigenvalue weighted by molar-refractivity contribution is 9.10. The molecule has 0 aromatic carbocycles. The predicted octanol–water partition coefficient (Wildman–Crippen LogP) is 3.02. The van der Waals surface area contributed by atoms with Gasteiger partial charge in [0.15, 0.2) is 0 Å². The fraction of sp³-hybridized carbons (Fsp3) is 0.286. The van der Waals surface area contributed by atoms with Crippen LogP contribution in [0.3, 0.4) is 0 Å². The van der Waals surface area contributed by atoms with Crippen molar-refractivity contribution in [3.8, 4) is 0 Å². The molecule has 0 saturated heterocycles. The van der Waals surface area contributed by atoms with Gasteiger partial charge in [0, 0.05) is 4.47 Å². The third kappa shape index (κ3) is 2.02. The van der Waals surface area contributed by atoms with Crippen LogP contribution in [0.4, 0.5) is 0 Å². The van der Waals surface area contributed by atoms with Gasteiger partial charge in [-0.25, -0.2) is 4.79 Å². The second kappa shape index (κ2) is 4.30. The van der Waals surface area contributed by atoms with Gasteiger partial charge >= 0.3 is 5.97 Å². The van der Waals surface area contributed by atoms with Gasteiger partial charge in [-0.15, -0.1) is 23.1 Å². The lowest BCUT2D eigenvalue weighted by molar-refractivity contribution is 0.0605. The molecule has 0 bridgehead atoms. The van der Waals surface area contributed by atoms with Crippen molar-refractivity contribution in [3.05, 3.63) is 15.4 Å². The van der Waals surface area contributed by atoms with E-state index in [0.29, 0.717) is 4.88 Å². The molecule has 0 atom stereocenters. The highest BCUT2D eigenvalue weighted by Crippen LogP contribution is 2.33. The maximum absolute atomic E-state index is 11.1. The number of esters is 1. The van der Waals surface area contributed by atoms with E-state index in [1.54, 1.807) is 11.8 Å². The molecule has 0 saturated carbocycles. The molecule has 0 unspecified atom stereocenters. The van der Waals surface area contributed by atoms with Crippen molar-refractivity contribution in [2.45, 2.75) is 4.21 Å². The lowest BCUT2D eigenvalue weighted by Crippen LogP contribution is -1.97. The summed E-state index contributed by atoms with van der Waals surface area (Å²) in [7, 11) is 1.38. The molecule has 66 valence electrons. The lowest BCUT2D eigenvalue weighted by Gasteiger charge is -1.93. The summed E-state index contributed by atoms with van der Waals surface area (Å²) in [6.45, 7) is 0. The molecule has 0 spiro atoms. The van der Waals surface area contributed by atoms with Crippen LogP contribution in [0.15, 0.2) is 14.7 Å². The SMILES string of the molecule is COC(=O)c1sc(SC)cc1Br. The van der Waals surface area contributed by atoms with Gasteiger partial charge in [-0.05, 0) is 28.3 Å². The van der Waals surface area contributed by atoms with Crippen LogP contribution >= 0.6 is 39.0 Å². The van der Waals surface area contributed by atoms with Crippen molar-refractivity contribution in [1.82, 2.24) is 0 Å². The van der Waals surface area contributed by atoms with Gasteiger partial charge in [0.05, 0.1) is 11.3 Å². The van der Waals surface area contributed by atoms with Crippen LogP contribution in [0.1, 0.15) is 9.67 Å². The van der Waals surface area contributed by atoms with E-state index in [1.807, 2.05) is 12.3 Å². The Bertz CT molecular complexity index is 296. The van der Waals surface area contributed by atoms with E-state index in [0.717, 1.165) is 8.68 Å². The van der Waals surface area contributed by atoms with Crippen LogP contribution in [0.2, 0.25) is 0 Å². The topological polar surface area (TPSA) is 26.3 Å². The Kier molecular flexibility index (Phi) is 3.61. The van der Waals surface area contributed by atoms with Gasteiger partial charge < -0.3 is 4.74 Å². The van der Waals surface area contributed by atoms with Gasteiger partial charge in [0.2, 0.25) is 0 Å². The number of ether oxygens (including phenoxy) is 1. The van der Waals surface area contributed by atoms with E-state index in [9.17, 15) is 4.79 Å². The molecule has 0 radical (unpaired) electrons. The quantitative estimate of drug-likeness (QED) is 0.608. The monoisotopic (exact) mass is 266 g/mol. The number of hydrogen-bond acceptors (Lipinski definition) is 4. The van der Waals surface area contributed by atoms with E-state index in [1.165, 1.54) is 18.4 Å². The second-order valence-electron chi connectivity index (χ2n) is 1.94. The lowest BCUT2D eigenvalue weighted by atomic mass is 10.5. The van der Waals surface area contributed by atoms with Crippen molar-refractivity contribution >= 4 is 45.0 Å². The van der Waals surface area contributed by atoms with E-state index < -0.39 is 0 Å². The Morgan fingerprint density at radius 2 is 2.42 bits per heavy atom. The fourth-order valence-corrected chi connectivity index (χ4v) is 3.14. The number of rotatable bonds is 2. The van der Waals surface area contributed by atoms with Crippen LogP contribution in [-0.4, -0.2) is 19.3 Å². The van der Waals surface area contributed by atoms with Crippen LogP contribution in [0.5, 0.6) is 0 Å². The van der Waals surface area contributed by atoms with Crippen LogP contribution in [0.25, 0.3) is 0 Å². The minimum absolute atomic E-state index is 0.285. The predicted molar refractivity (Wildman–Crippen MR) is 55.1 cm³/mol. The molecule has 1 heterocycles. The van der Waals surface area contributed by atoms with E-state index in [2.05, 4.69) is 20.7 Å². The molecule has 12 heavy (non-hydrogen) atoms. The second-order valence-corrected chi connectivity index (χ2v) is 4.95. The largest absolute Gasteiger partial charge is 0.465 e. The van der Waals surface area contributed by atoms with Crippen molar-refractivity contribution in [3.63, 3.8) is 0 Å². The zero-order valence-electron chi connectivity index (χ0n) is 6.59. The molecular formula is C7H7BrO2S2. The zero-order valence-corrected chi connectivity index (χ0v) is 9.81. The zero-order chi connectivity index (χ0) is 9.14. The first-order chi connectivity index (χ1) is 5.69. The molecule has 1 aromatic heterocycles. The Morgan fingerprint density at radius 3 is 2.83 bits per heavy atom. The van der Waals surface area contributed by atoms with Gasteiger partial charge in [0.1, 0.15) is 4.88 Å². The van der Waals surface area contributed by atoms with Crippen molar-refractivity contribution in [1.29, 1.82) is 0 Å². The molecule has 5 heteroatoms. The summed E-state index contributed by atoms with van der Waals surface area (Å²) >= 11 is 6.34. The van der Waals surface area contributed by atoms with Crippen LogP contribution in [0, 0.1) is 0 Å². The molecule has 0 aliphatic heterocycles. The average Bonchev–Trinajstić information content (AvgIpc) is 2.45. The first kappa shape index (κ1) is 10.1. The molecule has 0 aliphatic rings. The summed E-state index contributed by atoms with van der Waals surface area (Å²) in [5.41, 5.74) is 0. The minimum Gasteiger partial charge on any atom is -0.465 e. The molecule has 1 rings (SSSR count). The summed E-state index contributed by atoms with van der Waals surface area (Å²) in [6, 6.07) is 1.92. The van der Waals surface area contributed by atoms with Gasteiger partial charge in [-0.3, -0.25) is 0 Å². The van der Waals surface area contributed by atoms with Gasteiger partial charge in [-0.2, -0.15) is 0 Å². The maximum Gasteiger partial charge on any atom is 0.349 e. The third-order valence-electron chi connectivity index (χ3n) is 1.24. The molecular weight excluding hydrogens is 260 g/mol. The Morgan fingerprint density at radius 1 is 1.75 bits per heavy atom. The summed E-state index contributed by atoms with van der Waals surface area (Å²) in [5.74, 6) is -0.285. The average molecular weight is 267 g/mol. The summed E-state index contributed by atoms with van der Waals surface area (Å²) in [5, 5.41) is 0. The first-order valence-electron chi connectivity index (χ1n) is 3.10. The number of methoxy groups -OCH3 is 1. The van der Waals surface area contributed by atoms with Crippen LogP contribution < -0.4 is 0 Å². The molecule has 1 aromatic rings.